The fraction of sp³-hybridized carbons (Fsp3) is 0.316. The zero-order valence-electron chi connectivity index (χ0n) is 15.4. The number of hydrogen-bond donors (Lipinski definition) is 2. The Balaban J connectivity index is 2.01. The van der Waals surface area contributed by atoms with Gasteiger partial charge in [-0.1, -0.05) is 32.9 Å². The van der Waals surface area contributed by atoms with Crippen LogP contribution in [0, 0.1) is 6.92 Å². The summed E-state index contributed by atoms with van der Waals surface area (Å²) in [5, 5.41) is 7.82. The second kappa shape index (κ2) is 7.82. The van der Waals surface area contributed by atoms with Crippen molar-refractivity contribution < 1.29 is 13.2 Å². The van der Waals surface area contributed by atoms with Gasteiger partial charge < -0.3 is 5.32 Å². The third-order valence-electron chi connectivity index (χ3n) is 3.88. The van der Waals surface area contributed by atoms with Gasteiger partial charge in [-0.05, 0) is 53.8 Å². The molecule has 2 aromatic carbocycles. The first-order valence-electron chi connectivity index (χ1n) is 8.13. The van der Waals surface area contributed by atoms with Gasteiger partial charge in [0.25, 0.3) is 0 Å². The van der Waals surface area contributed by atoms with Crippen LogP contribution in [0.5, 0.6) is 0 Å². The highest BCUT2D eigenvalue weighted by atomic mass is 32.2. The Bertz CT molecular complexity index is 899. The van der Waals surface area contributed by atoms with Crippen LogP contribution in [0.15, 0.2) is 52.3 Å². The predicted octanol–water partition coefficient (Wildman–Crippen LogP) is 3.67. The largest absolute Gasteiger partial charge is 0.325 e. The van der Waals surface area contributed by atoms with E-state index in [-0.39, 0.29) is 22.0 Å². The average molecular weight is 393 g/mol. The van der Waals surface area contributed by atoms with E-state index in [0.717, 1.165) is 10.5 Å². The molecule has 0 fully saturated rings. The highest BCUT2D eigenvalue weighted by Crippen LogP contribution is 2.29. The zero-order chi connectivity index (χ0) is 19.5. The third kappa shape index (κ3) is 5.59. The van der Waals surface area contributed by atoms with Crippen molar-refractivity contribution in [2.75, 3.05) is 11.1 Å². The fourth-order valence-corrected chi connectivity index (χ4v) is 3.67. The zero-order valence-corrected chi connectivity index (χ0v) is 17.0. The summed E-state index contributed by atoms with van der Waals surface area (Å²) in [5.74, 6) is 0.115. The maximum absolute atomic E-state index is 12.2. The van der Waals surface area contributed by atoms with Crippen LogP contribution in [0.3, 0.4) is 0 Å². The molecular weight excluding hydrogens is 368 g/mol. The number of hydrogen-bond acceptors (Lipinski definition) is 4. The van der Waals surface area contributed by atoms with E-state index in [9.17, 15) is 13.2 Å². The molecule has 0 bridgehead atoms. The second-order valence-corrected chi connectivity index (χ2v) is 9.72. The van der Waals surface area contributed by atoms with Gasteiger partial charge >= 0.3 is 0 Å². The van der Waals surface area contributed by atoms with Gasteiger partial charge in [0, 0.05) is 10.6 Å². The van der Waals surface area contributed by atoms with Crippen LogP contribution in [0.2, 0.25) is 0 Å². The quantitative estimate of drug-likeness (QED) is 0.760. The minimum absolute atomic E-state index is 0.0134. The van der Waals surface area contributed by atoms with E-state index in [0.29, 0.717) is 5.69 Å². The van der Waals surface area contributed by atoms with Crippen molar-refractivity contribution in [3.63, 3.8) is 0 Å². The number of anilines is 1. The van der Waals surface area contributed by atoms with E-state index in [1.807, 2.05) is 6.92 Å². The van der Waals surface area contributed by atoms with Crippen molar-refractivity contribution in [2.45, 2.75) is 42.9 Å². The summed E-state index contributed by atoms with van der Waals surface area (Å²) in [6, 6.07) is 12.1. The topological polar surface area (TPSA) is 89.3 Å². The van der Waals surface area contributed by atoms with E-state index in [2.05, 4.69) is 44.3 Å². The summed E-state index contributed by atoms with van der Waals surface area (Å²) in [6.45, 7) is 8.50. The molecule has 0 aliphatic heterocycles. The number of carbonyl (C=O) groups excluding carboxylic acids is 1. The summed E-state index contributed by atoms with van der Waals surface area (Å²) in [4.78, 5) is 13.3. The molecule has 0 aromatic heterocycles. The first-order valence-corrected chi connectivity index (χ1v) is 10.7. The van der Waals surface area contributed by atoms with E-state index in [4.69, 9.17) is 5.14 Å². The van der Waals surface area contributed by atoms with Gasteiger partial charge in [-0.3, -0.25) is 4.79 Å². The molecule has 2 rings (SSSR count). The monoisotopic (exact) mass is 392 g/mol. The number of amides is 1. The van der Waals surface area contributed by atoms with Gasteiger partial charge in [-0.25, -0.2) is 13.6 Å². The van der Waals surface area contributed by atoms with Gasteiger partial charge in [0.1, 0.15) is 0 Å². The Morgan fingerprint density at radius 3 is 2.27 bits per heavy atom. The van der Waals surface area contributed by atoms with Crippen LogP contribution >= 0.6 is 11.8 Å². The molecule has 0 saturated heterocycles. The Kier molecular flexibility index (Phi) is 6.16. The Morgan fingerprint density at radius 2 is 1.73 bits per heavy atom. The number of rotatable bonds is 5. The average Bonchev–Trinajstić information content (AvgIpc) is 2.52. The fourth-order valence-electron chi connectivity index (χ4n) is 2.29. The highest BCUT2D eigenvalue weighted by Gasteiger charge is 2.15. The normalized spacial score (nSPS) is 12.0. The van der Waals surface area contributed by atoms with E-state index in [1.54, 1.807) is 0 Å². The lowest BCUT2D eigenvalue weighted by molar-refractivity contribution is -0.113. The lowest BCUT2D eigenvalue weighted by Crippen LogP contribution is -2.15. The maximum atomic E-state index is 12.2. The van der Waals surface area contributed by atoms with Gasteiger partial charge in [0.05, 0.1) is 10.6 Å². The standard InChI is InChI=1S/C19H24N2O3S2/c1-13-5-6-14(19(2,3)4)11-17(13)25-12-18(22)21-15-7-9-16(10-8-15)26(20,23)24/h5-11H,12H2,1-4H3,(H,21,22)(H2,20,23,24). The summed E-state index contributed by atoms with van der Waals surface area (Å²) < 4.78 is 22.5. The van der Waals surface area contributed by atoms with Gasteiger partial charge in [0.2, 0.25) is 15.9 Å². The summed E-state index contributed by atoms with van der Waals surface area (Å²) in [7, 11) is -3.73. The number of benzene rings is 2. The van der Waals surface area contributed by atoms with Crippen LogP contribution in [-0.4, -0.2) is 20.1 Å². The van der Waals surface area contributed by atoms with Crippen molar-refractivity contribution in [2.24, 2.45) is 5.14 Å². The minimum Gasteiger partial charge on any atom is -0.325 e. The molecule has 0 aliphatic rings. The van der Waals surface area contributed by atoms with Crippen LogP contribution < -0.4 is 10.5 Å². The van der Waals surface area contributed by atoms with Crippen molar-refractivity contribution in [3.8, 4) is 0 Å². The second-order valence-electron chi connectivity index (χ2n) is 7.14. The lowest BCUT2D eigenvalue weighted by Gasteiger charge is -2.20. The van der Waals surface area contributed by atoms with Crippen LogP contribution in [0.4, 0.5) is 5.69 Å². The molecule has 0 spiro atoms. The maximum Gasteiger partial charge on any atom is 0.238 e. The number of carbonyl (C=O) groups is 1. The Hall–Kier alpha value is -1.83. The molecule has 3 N–H and O–H groups in total. The summed E-state index contributed by atoms with van der Waals surface area (Å²) in [6.07, 6.45) is 0. The predicted molar refractivity (Wildman–Crippen MR) is 107 cm³/mol. The first kappa shape index (κ1) is 20.5. The lowest BCUT2D eigenvalue weighted by atomic mass is 9.87. The molecule has 0 aliphatic carbocycles. The van der Waals surface area contributed by atoms with Crippen molar-refractivity contribution >= 4 is 33.4 Å². The van der Waals surface area contributed by atoms with Gasteiger partial charge in [0.15, 0.2) is 0 Å². The molecule has 0 heterocycles. The third-order valence-corrected chi connectivity index (χ3v) is 5.97. The number of nitrogens with one attached hydrogen (secondary N) is 1. The Labute approximate surface area is 159 Å². The number of nitrogens with two attached hydrogens (primary N) is 1. The van der Waals surface area contributed by atoms with Crippen LogP contribution in [0.1, 0.15) is 31.9 Å². The van der Waals surface area contributed by atoms with Crippen LogP contribution in [-0.2, 0) is 20.2 Å². The molecule has 1 amide bonds. The number of aryl methyl sites for hydroxylation is 1. The number of thioether (sulfide) groups is 1. The molecule has 26 heavy (non-hydrogen) atoms. The summed E-state index contributed by atoms with van der Waals surface area (Å²) in [5.41, 5.74) is 2.94. The first-order chi connectivity index (χ1) is 12.0. The smallest absolute Gasteiger partial charge is 0.238 e. The minimum atomic E-state index is -3.73. The molecule has 0 saturated carbocycles. The SMILES string of the molecule is Cc1ccc(C(C)(C)C)cc1SCC(=O)Nc1ccc(S(N)(=O)=O)cc1. The van der Waals surface area contributed by atoms with Gasteiger partial charge in [-0.15, -0.1) is 11.8 Å². The van der Waals surface area contributed by atoms with E-state index >= 15 is 0 Å². The molecule has 0 atom stereocenters. The highest BCUT2D eigenvalue weighted by molar-refractivity contribution is 8.00. The van der Waals surface area contributed by atoms with Crippen LogP contribution in [0.25, 0.3) is 0 Å². The molecular formula is C19H24N2O3S2. The molecule has 2 aromatic rings. The van der Waals surface area contributed by atoms with E-state index < -0.39 is 10.0 Å². The number of sulfonamides is 1. The van der Waals surface area contributed by atoms with E-state index in [1.165, 1.54) is 41.6 Å². The number of primary sulfonamides is 1. The molecule has 5 nitrogen and oxygen atoms in total. The van der Waals surface area contributed by atoms with Gasteiger partial charge in [-0.2, -0.15) is 0 Å². The molecule has 140 valence electrons. The van der Waals surface area contributed by atoms with Crippen molar-refractivity contribution in [1.82, 2.24) is 0 Å². The Morgan fingerprint density at radius 1 is 1.12 bits per heavy atom. The molecule has 0 radical (unpaired) electrons. The molecule has 7 heteroatoms. The summed E-state index contributed by atoms with van der Waals surface area (Å²) >= 11 is 1.48. The molecule has 0 unspecified atom stereocenters. The van der Waals surface area contributed by atoms with Crippen molar-refractivity contribution in [1.29, 1.82) is 0 Å². The van der Waals surface area contributed by atoms with Crippen molar-refractivity contribution in [3.05, 3.63) is 53.6 Å².